The molecule has 2 nitrogen and oxygen atoms in total. The summed E-state index contributed by atoms with van der Waals surface area (Å²) in [6.45, 7) is 34.4. The Kier molecular flexibility index (Phi) is 7.87. The maximum Gasteiger partial charge on any atom is 0.146 e. The van der Waals surface area contributed by atoms with Crippen LogP contribution in [0.25, 0.3) is 10.2 Å². The molecular weight excluding hydrogens is 426 g/mol. The average Bonchev–Trinajstić information content (AvgIpc) is 2.73. The van der Waals surface area contributed by atoms with Gasteiger partial charge in [0.25, 0.3) is 0 Å². The minimum absolute atomic E-state index is 0.469. The van der Waals surface area contributed by atoms with Crippen LogP contribution in [0.15, 0.2) is 0 Å². The van der Waals surface area contributed by atoms with E-state index < -0.39 is 14.8 Å². The van der Waals surface area contributed by atoms with Crippen molar-refractivity contribution in [2.45, 2.75) is 81.6 Å². The first kappa shape index (κ1) is 27.1. The van der Waals surface area contributed by atoms with E-state index in [1.807, 2.05) is 0 Å². The van der Waals surface area contributed by atoms with Gasteiger partial charge in [0.15, 0.2) is 0 Å². The summed E-state index contributed by atoms with van der Waals surface area (Å²) in [5.74, 6) is 0. The molecule has 0 amide bonds. The minimum atomic E-state index is -1.61. The molecule has 0 fully saturated rings. The van der Waals surface area contributed by atoms with Crippen LogP contribution in [0.2, 0.25) is 0 Å². The van der Waals surface area contributed by atoms with Gasteiger partial charge in [-0.05, 0) is 117 Å². The van der Waals surface area contributed by atoms with E-state index in [2.05, 4.69) is 103 Å². The molecule has 0 unspecified atom stereocenters. The van der Waals surface area contributed by atoms with Crippen LogP contribution in [-0.4, -0.2) is 32.1 Å². The van der Waals surface area contributed by atoms with E-state index in [1.165, 1.54) is 67.0 Å². The third-order valence-electron chi connectivity index (χ3n) is 8.47. The van der Waals surface area contributed by atoms with Gasteiger partial charge in [-0.25, -0.2) is 0 Å². The highest BCUT2D eigenvalue weighted by molar-refractivity contribution is 7.94. The van der Waals surface area contributed by atoms with E-state index in [0.29, 0.717) is 5.40 Å². The Morgan fingerprint density at radius 1 is 0.406 bits per heavy atom. The van der Waals surface area contributed by atoms with Gasteiger partial charge in [0.05, 0.1) is 0 Å². The van der Waals surface area contributed by atoms with Crippen LogP contribution < -0.4 is 0 Å². The van der Waals surface area contributed by atoms with Gasteiger partial charge >= 0.3 is 0 Å². The maximum atomic E-state index is 5.53. The normalized spacial score (nSPS) is 12.5. The van der Waals surface area contributed by atoms with E-state index in [4.69, 9.17) is 10.2 Å². The molecule has 2 rings (SSSR count). The number of benzene rings is 2. The summed E-state index contributed by atoms with van der Waals surface area (Å²) in [5, 5.41) is 11.5. The molecule has 0 saturated carbocycles. The van der Waals surface area contributed by atoms with Crippen molar-refractivity contribution in [3.63, 3.8) is 0 Å². The third kappa shape index (κ3) is 4.74. The Balaban J connectivity index is 2.45. The summed E-state index contributed by atoms with van der Waals surface area (Å²) in [4.78, 5) is 0. The monoisotopic (exact) mass is 472 g/mol. The van der Waals surface area contributed by atoms with Crippen molar-refractivity contribution in [1.29, 1.82) is 0 Å². The molecule has 0 aromatic heterocycles. The molecule has 0 atom stereocenters. The van der Waals surface area contributed by atoms with Crippen LogP contribution in [0.4, 0.5) is 11.4 Å². The molecule has 2 aromatic rings. The first-order chi connectivity index (χ1) is 14.5. The van der Waals surface area contributed by atoms with Crippen LogP contribution >= 0.6 is 14.8 Å². The van der Waals surface area contributed by atoms with Crippen molar-refractivity contribution >= 4 is 26.2 Å². The highest BCUT2D eigenvalue weighted by Gasteiger charge is 2.39. The molecule has 0 radical (unpaired) electrons. The summed E-state index contributed by atoms with van der Waals surface area (Å²) >= 11 is 0. The molecule has 0 heterocycles. The molecule has 0 aliphatic heterocycles. The van der Waals surface area contributed by atoms with E-state index in [0.717, 1.165) is 0 Å². The predicted octanol–water partition coefficient (Wildman–Crippen LogP) is 10.2. The molecule has 178 valence electrons. The van der Waals surface area contributed by atoms with Crippen LogP contribution in [0, 0.1) is 69.2 Å². The van der Waals surface area contributed by atoms with Gasteiger partial charge in [-0.3, -0.25) is 0 Å². The lowest BCUT2D eigenvalue weighted by atomic mass is 9.93. The van der Waals surface area contributed by atoms with Crippen molar-refractivity contribution < 1.29 is 0 Å². The topological polar surface area (TPSA) is 28.2 Å². The molecule has 0 saturated heterocycles. The van der Waals surface area contributed by atoms with Crippen LogP contribution in [-0.2, 0) is 0 Å². The Morgan fingerprint density at radius 3 is 0.812 bits per heavy atom. The van der Waals surface area contributed by atoms with E-state index in [-0.39, 0.29) is 0 Å². The molecule has 4 heteroatoms. The number of hydrogen-bond donors (Lipinski definition) is 0. The van der Waals surface area contributed by atoms with Gasteiger partial charge in [-0.2, -0.15) is 0 Å². The average molecular weight is 473 g/mol. The summed E-state index contributed by atoms with van der Waals surface area (Å²) in [7, 11) is -3.21. The Bertz CT molecular complexity index is 907. The summed E-state index contributed by atoms with van der Waals surface area (Å²) < 4.78 is 0. The second-order valence-corrected chi connectivity index (χ2v) is 19.0. The van der Waals surface area contributed by atoms with Gasteiger partial charge < -0.3 is 10.2 Å². The molecule has 0 spiro atoms. The Hall–Kier alpha value is -1.10. The molecule has 0 aliphatic rings. The quantitative estimate of drug-likeness (QED) is 0.374. The highest BCUT2D eigenvalue weighted by Crippen LogP contribution is 2.82. The van der Waals surface area contributed by atoms with Gasteiger partial charge in [-0.1, -0.05) is 22.3 Å². The smallest absolute Gasteiger partial charge is 0.146 e. The molecule has 0 aliphatic carbocycles. The Morgan fingerprint density at radius 2 is 0.594 bits per heavy atom. The van der Waals surface area contributed by atoms with E-state index in [1.54, 1.807) is 0 Å². The number of nitrogens with zero attached hydrogens (tertiary/aromatic N) is 2. The van der Waals surface area contributed by atoms with Crippen LogP contribution in [0.3, 0.4) is 0 Å². The van der Waals surface area contributed by atoms with E-state index >= 15 is 0 Å². The van der Waals surface area contributed by atoms with Crippen molar-refractivity contribution in [2.24, 2.45) is 0 Å². The van der Waals surface area contributed by atoms with Crippen molar-refractivity contribution in [1.82, 2.24) is 0 Å². The molecule has 32 heavy (non-hydrogen) atoms. The van der Waals surface area contributed by atoms with Crippen molar-refractivity contribution in [2.75, 3.05) is 26.7 Å². The second-order valence-electron chi connectivity index (χ2n) is 10.7. The fourth-order valence-electron chi connectivity index (χ4n) is 4.63. The summed E-state index contributed by atoms with van der Waals surface area (Å²) in [6, 6.07) is 0. The highest BCUT2D eigenvalue weighted by atomic mass is 31.2. The first-order valence-corrected chi connectivity index (χ1v) is 17.1. The molecular formula is C28H46N2P2. The number of rotatable bonds is 6. The zero-order chi connectivity index (χ0) is 24.9. The largest absolute Gasteiger partial charge is 0.519 e. The standard InChI is InChI=1S/C28H46N2P2/c1-16-18(3)22(7)27(23(8)19(16)4)29-31(12,13)26(11)32(14,15)30-28-24(9)20(5)17(2)21(6)25(28)10/h26H,1-15H3. The lowest BCUT2D eigenvalue weighted by Gasteiger charge is -2.48. The van der Waals surface area contributed by atoms with Gasteiger partial charge in [0.1, 0.15) is 5.40 Å². The summed E-state index contributed by atoms with van der Waals surface area (Å²) in [5.41, 5.74) is 16.2. The molecule has 0 N–H and O–H groups in total. The lowest BCUT2D eigenvalue weighted by molar-refractivity contribution is 1.18. The van der Waals surface area contributed by atoms with Crippen LogP contribution in [0.1, 0.15) is 62.6 Å². The predicted molar refractivity (Wildman–Crippen MR) is 153 cm³/mol. The maximum absolute atomic E-state index is 5.53. The third-order valence-corrected chi connectivity index (χ3v) is 16.9. The molecule has 0 bridgehead atoms. The van der Waals surface area contributed by atoms with Gasteiger partial charge in [0.2, 0.25) is 0 Å². The second kappa shape index (κ2) is 9.27. The fraction of sp³-hybridized carbons (Fsp3) is 0.571. The van der Waals surface area contributed by atoms with Crippen LogP contribution in [0.5, 0.6) is 0 Å². The Labute approximate surface area is 200 Å². The van der Waals surface area contributed by atoms with Crippen molar-refractivity contribution in [3.8, 4) is 0 Å². The fourth-order valence-corrected chi connectivity index (χ4v) is 12.4. The van der Waals surface area contributed by atoms with E-state index in [9.17, 15) is 0 Å². The summed E-state index contributed by atoms with van der Waals surface area (Å²) in [6.07, 6.45) is 0. The SMILES string of the molecule is Cc1c(C)c(C)c([N-][P+](C)(C)C(C)[P+](C)(C)[N-]c2c(C)c(C)c(C)c(C)c2C)c(C)c1C. The van der Waals surface area contributed by atoms with Gasteiger partial charge in [0, 0.05) is 33.6 Å². The molecule has 2 aromatic carbocycles. The first-order valence-electron chi connectivity index (χ1n) is 11.7. The van der Waals surface area contributed by atoms with Gasteiger partial charge in [-0.15, -0.1) is 11.4 Å². The minimum Gasteiger partial charge on any atom is -0.519 e. The number of hydrogen-bond acceptors (Lipinski definition) is 0. The zero-order valence-corrected chi connectivity index (χ0v) is 25.2. The zero-order valence-electron chi connectivity index (χ0n) is 23.4. The lowest BCUT2D eigenvalue weighted by Crippen LogP contribution is -2.12. The van der Waals surface area contributed by atoms with Crippen molar-refractivity contribution in [3.05, 3.63) is 65.8 Å².